The van der Waals surface area contributed by atoms with Crippen LogP contribution in [0.15, 0.2) is 0 Å². The van der Waals surface area contributed by atoms with E-state index in [1.54, 1.807) is 0 Å². The Bertz CT molecular complexity index is 63.7. The fraction of sp³-hybridized carbons (Fsp3) is 1.00. The molecule has 0 saturated carbocycles. The summed E-state index contributed by atoms with van der Waals surface area (Å²) in [6.45, 7) is 8.39. The molecule has 0 aliphatic carbocycles. The van der Waals surface area contributed by atoms with Crippen molar-refractivity contribution in [2.24, 2.45) is 11.7 Å². The lowest BCUT2D eigenvalue weighted by atomic mass is 10.1. The molecule has 2 heteroatoms. The van der Waals surface area contributed by atoms with Gasteiger partial charge in [-0.3, -0.25) is 0 Å². The van der Waals surface area contributed by atoms with Crippen molar-refractivity contribution in [2.75, 3.05) is 13.1 Å². The van der Waals surface area contributed by atoms with Crippen molar-refractivity contribution in [3.8, 4) is 0 Å². The molecule has 62 valence electrons. The highest BCUT2D eigenvalue weighted by Gasteiger charge is 2.00. The van der Waals surface area contributed by atoms with Gasteiger partial charge in [0.2, 0.25) is 0 Å². The van der Waals surface area contributed by atoms with Crippen molar-refractivity contribution >= 4 is 0 Å². The Hall–Kier alpha value is -0.0800. The zero-order valence-electron chi connectivity index (χ0n) is 7.35. The molecule has 0 aromatic heterocycles. The summed E-state index contributed by atoms with van der Waals surface area (Å²) in [5.74, 6) is 0.772. The van der Waals surface area contributed by atoms with E-state index in [2.05, 4.69) is 26.1 Å². The minimum Gasteiger partial charge on any atom is -0.329 e. The lowest BCUT2D eigenvalue weighted by Gasteiger charge is -2.14. The minimum atomic E-state index is 0.467. The average molecular weight is 144 g/mol. The van der Waals surface area contributed by atoms with Crippen LogP contribution in [0.4, 0.5) is 0 Å². The number of rotatable bonds is 5. The van der Waals surface area contributed by atoms with Gasteiger partial charge in [-0.15, -0.1) is 0 Å². The third-order valence-electron chi connectivity index (χ3n) is 1.87. The number of hydrogen-bond acceptors (Lipinski definition) is 2. The predicted molar refractivity (Wildman–Crippen MR) is 46.0 cm³/mol. The average Bonchev–Trinajstić information content (AvgIpc) is 1.99. The summed E-state index contributed by atoms with van der Waals surface area (Å²) in [5.41, 5.74) is 5.44. The van der Waals surface area contributed by atoms with Gasteiger partial charge in [0.25, 0.3) is 0 Å². The normalized spacial score (nSPS) is 16.8. The number of nitrogens with one attached hydrogen (secondary N) is 1. The van der Waals surface area contributed by atoms with Crippen LogP contribution >= 0.6 is 0 Å². The fourth-order valence-corrected chi connectivity index (χ4v) is 0.630. The van der Waals surface area contributed by atoms with E-state index in [1.165, 1.54) is 6.42 Å². The molecule has 0 rings (SSSR count). The summed E-state index contributed by atoms with van der Waals surface area (Å²) in [5, 5.41) is 3.36. The number of nitrogens with two attached hydrogens (primary N) is 1. The highest BCUT2D eigenvalue weighted by atomic mass is 14.9. The molecule has 10 heavy (non-hydrogen) atoms. The molecule has 0 saturated heterocycles. The smallest absolute Gasteiger partial charge is 0.0162 e. The quantitative estimate of drug-likeness (QED) is 0.603. The summed E-state index contributed by atoms with van der Waals surface area (Å²) in [7, 11) is 0. The van der Waals surface area contributed by atoms with E-state index < -0.39 is 0 Å². The maximum Gasteiger partial charge on any atom is 0.0162 e. The van der Waals surface area contributed by atoms with Gasteiger partial charge in [-0.1, -0.05) is 20.3 Å². The van der Waals surface area contributed by atoms with Gasteiger partial charge < -0.3 is 11.1 Å². The molecule has 2 nitrogen and oxygen atoms in total. The second-order valence-electron chi connectivity index (χ2n) is 3.06. The predicted octanol–water partition coefficient (Wildman–Crippen LogP) is 0.969. The lowest BCUT2D eigenvalue weighted by Crippen LogP contribution is -2.35. The van der Waals surface area contributed by atoms with E-state index in [-0.39, 0.29) is 0 Å². The number of hydrogen-bond donors (Lipinski definition) is 2. The van der Waals surface area contributed by atoms with Gasteiger partial charge >= 0.3 is 0 Å². The van der Waals surface area contributed by atoms with Gasteiger partial charge in [0.05, 0.1) is 0 Å². The SMILES string of the molecule is CCC(C)CN[C@H](C)CN. The first kappa shape index (κ1) is 9.92. The largest absolute Gasteiger partial charge is 0.329 e. The topological polar surface area (TPSA) is 38.0 Å². The molecule has 0 aromatic carbocycles. The summed E-state index contributed by atoms with van der Waals surface area (Å²) in [6.07, 6.45) is 1.24. The van der Waals surface area contributed by atoms with E-state index in [0.717, 1.165) is 19.0 Å². The van der Waals surface area contributed by atoms with E-state index in [4.69, 9.17) is 5.73 Å². The molecule has 0 aromatic rings. The summed E-state index contributed by atoms with van der Waals surface area (Å²) >= 11 is 0. The second kappa shape index (κ2) is 5.69. The van der Waals surface area contributed by atoms with Gasteiger partial charge in [-0.05, 0) is 19.4 Å². The van der Waals surface area contributed by atoms with E-state index in [9.17, 15) is 0 Å². The molecular weight excluding hydrogens is 124 g/mol. The maximum absolute atomic E-state index is 5.44. The zero-order valence-corrected chi connectivity index (χ0v) is 7.35. The highest BCUT2D eigenvalue weighted by Crippen LogP contribution is 1.97. The van der Waals surface area contributed by atoms with Crippen LogP contribution in [0.2, 0.25) is 0 Å². The first-order chi connectivity index (χ1) is 4.70. The molecule has 2 atom stereocenters. The zero-order chi connectivity index (χ0) is 7.98. The standard InChI is InChI=1S/C8H20N2/c1-4-7(2)6-10-8(3)5-9/h7-8,10H,4-6,9H2,1-3H3/t7?,8-/m1/s1. The van der Waals surface area contributed by atoms with Crippen LogP contribution in [0.1, 0.15) is 27.2 Å². The van der Waals surface area contributed by atoms with Gasteiger partial charge in [-0.25, -0.2) is 0 Å². The Morgan fingerprint density at radius 3 is 2.40 bits per heavy atom. The molecule has 0 fully saturated rings. The van der Waals surface area contributed by atoms with Crippen LogP contribution in [0.3, 0.4) is 0 Å². The Morgan fingerprint density at radius 1 is 1.40 bits per heavy atom. The van der Waals surface area contributed by atoms with Crippen molar-refractivity contribution in [3.63, 3.8) is 0 Å². The van der Waals surface area contributed by atoms with Crippen LogP contribution in [0, 0.1) is 5.92 Å². The van der Waals surface area contributed by atoms with Crippen molar-refractivity contribution in [1.29, 1.82) is 0 Å². The first-order valence-corrected chi connectivity index (χ1v) is 4.14. The van der Waals surface area contributed by atoms with Gasteiger partial charge in [-0.2, -0.15) is 0 Å². The van der Waals surface area contributed by atoms with Crippen LogP contribution in [-0.2, 0) is 0 Å². The van der Waals surface area contributed by atoms with Crippen LogP contribution < -0.4 is 11.1 Å². The van der Waals surface area contributed by atoms with E-state index in [0.29, 0.717) is 6.04 Å². The monoisotopic (exact) mass is 144 g/mol. The Labute approximate surface area is 64.2 Å². The Balaban J connectivity index is 3.17. The summed E-state index contributed by atoms with van der Waals surface area (Å²) in [4.78, 5) is 0. The molecule has 0 aliphatic rings. The molecule has 0 amide bonds. The lowest BCUT2D eigenvalue weighted by molar-refractivity contribution is 0.456. The molecule has 3 N–H and O–H groups in total. The van der Waals surface area contributed by atoms with Crippen molar-refractivity contribution in [3.05, 3.63) is 0 Å². The maximum atomic E-state index is 5.44. The summed E-state index contributed by atoms with van der Waals surface area (Å²) < 4.78 is 0. The van der Waals surface area contributed by atoms with Gasteiger partial charge in [0.15, 0.2) is 0 Å². The molecule has 1 unspecified atom stereocenters. The van der Waals surface area contributed by atoms with Crippen molar-refractivity contribution in [1.82, 2.24) is 5.32 Å². The molecule has 0 aliphatic heterocycles. The second-order valence-corrected chi connectivity index (χ2v) is 3.06. The van der Waals surface area contributed by atoms with Gasteiger partial charge in [0.1, 0.15) is 0 Å². The fourth-order valence-electron chi connectivity index (χ4n) is 0.630. The first-order valence-electron chi connectivity index (χ1n) is 4.14. The van der Waals surface area contributed by atoms with Gasteiger partial charge in [0, 0.05) is 12.6 Å². The Morgan fingerprint density at radius 2 is 2.00 bits per heavy atom. The van der Waals surface area contributed by atoms with Crippen molar-refractivity contribution < 1.29 is 0 Å². The van der Waals surface area contributed by atoms with Crippen LogP contribution in [0.25, 0.3) is 0 Å². The molecule has 0 heterocycles. The molecule has 0 radical (unpaired) electrons. The summed E-state index contributed by atoms with van der Waals surface area (Å²) in [6, 6.07) is 0.467. The van der Waals surface area contributed by atoms with E-state index >= 15 is 0 Å². The van der Waals surface area contributed by atoms with Crippen molar-refractivity contribution in [2.45, 2.75) is 33.2 Å². The molecular formula is C8H20N2. The van der Waals surface area contributed by atoms with Crippen LogP contribution in [-0.4, -0.2) is 19.1 Å². The Kier molecular flexibility index (Phi) is 5.64. The third kappa shape index (κ3) is 4.77. The van der Waals surface area contributed by atoms with Crippen LogP contribution in [0.5, 0.6) is 0 Å². The molecule has 0 spiro atoms. The highest BCUT2D eigenvalue weighted by molar-refractivity contribution is 4.62. The van der Waals surface area contributed by atoms with E-state index in [1.807, 2.05) is 0 Å². The minimum absolute atomic E-state index is 0.467. The molecule has 0 bridgehead atoms. The third-order valence-corrected chi connectivity index (χ3v) is 1.87.